The molecule has 2 heterocycles. The third-order valence-corrected chi connectivity index (χ3v) is 8.38. The number of pyridine rings is 1. The Balaban J connectivity index is 0.00000417. The molecule has 0 atom stereocenters. The van der Waals surface area contributed by atoms with Crippen molar-refractivity contribution in [1.82, 2.24) is 9.55 Å². The smallest absolute Gasteiger partial charge is 0.511 e. The van der Waals surface area contributed by atoms with Crippen LogP contribution in [0.2, 0.25) is 0 Å². The van der Waals surface area contributed by atoms with Crippen LogP contribution < -0.4 is 4.57 Å². The first-order chi connectivity index (χ1) is 21.3. The van der Waals surface area contributed by atoms with Crippen LogP contribution in [0.15, 0.2) is 91.1 Å². The van der Waals surface area contributed by atoms with E-state index in [0.29, 0.717) is 5.69 Å². The van der Waals surface area contributed by atoms with Crippen LogP contribution in [-0.4, -0.2) is 14.7 Å². The number of aromatic hydroxyl groups is 1. The molecule has 46 heavy (non-hydrogen) atoms. The monoisotopic (exact) mass is 787 g/mol. The van der Waals surface area contributed by atoms with Crippen molar-refractivity contribution in [2.75, 3.05) is 0 Å². The number of fused-ring (bicyclic) bond motifs is 1. The van der Waals surface area contributed by atoms with Gasteiger partial charge in [0.05, 0.1) is 11.0 Å². The molecule has 5 heteroatoms. The van der Waals surface area contributed by atoms with Gasteiger partial charge in [-0.1, -0.05) is 90.1 Å². The van der Waals surface area contributed by atoms with E-state index in [4.69, 9.17) is 4.98 Å². The number of rotatable bonds is 5. The maximum Gasteiger partial charge on any atom is 2.00 e. The molecule has 0 bridgehead atoms. The van der Waals surface area contributed by atoms with Gasteiger partial charge in [-0.25, -0.2) is 0 Å². The van der Waals surface area contributed by atoms with Gasteiger partial charge in [-0.15, -0.1) is 29.8 Å². The first-order valence-corrected chi connectivity index (χ1v) is 15.7. The molecule has 4 nitrogen and oxygen atoms in total. The Hall–Kier alpha value is -4.01. The van der Waals surface area contributed by atoms with E-state index in [9.17, 15) is 5.11 Å². The Morgan fingerprint density at radius 1 is 0.826 bits per heavy atom. The van der Waals surface area contributed by atoms with E-state index in [-0.39, 0.29) is 37.6 Å². The number of benzene rings is 4. The largest absolute Gasteiger partial charge is 2.00 e. The number of phenolic OH excluding ortho intramolecular Hbond substituents is 1. The maximum atomic E-state index is 11.0. The first-order valence-electron chi connectivity index (χ1n) is 15.7. The van der Waals surface area contributed by atoms with Crippen molar-refractivity contribution in [3.63, 3.8) is 0 Å². The second-order valence-electron chi connectivity index (χ2n) is 14.4. The predicted octanol–water partition coefficient (Wildman–Crippen LogP) is 9.44. The molecule has 0 fully saturated rings. The number of hydrogen-bond acceptors (Lipinski definition) is 2. The van der Waals surface area contributed by atoms with Gasteiger partial charge >= 0.3 is 21.1 Å². The minimum atomic E-state index is -0.0622. The summed E-state index contributed by atoms with van der Waals surface area (Å²) < 4.78 is 3.96. The summed E-state index contributed by atoms with van der Waals surface area (Å²) in [7, 11) is 0. The Morgan fingerprint density at radius 2 is 1.59 bits per heavy atom. The Morgan fingerprint density at radius 3 is 2.30 bits per heavy atom. The van der Waals surface area contributed by atoms with E-state index < -0.39 is 0 Å². The van der Waals surface area contributed by atoms with Gasteiger partial charge in [0, 0.05) is 6.20 Å². The molecule has 0 spiro atoms. The Bertz CT molecular complexity index is 2040. The number of aryl methyl sites for hydroxylation is 2. The molecule has 0 amide bonds. The van der Waals surface area contributed by atoms with Crippen LogP contribution in [0.5, 0.6) is 5.75 Å². The maximum absolute atomic E-state index is 11.0. The second kappa shape index (κ2) is 12.6. The predicted molar refractivity (Wildman–Crippen MR) is 184 cm³/mol. The van der Waals surface area contributed by atoms with E-state index in [1.165, 1.54) is 22.3 Å². The summed E-state index contributed by atoms with van der Waals surface area (Å²) in [6, 6.07) is 32.8. The molecule has 0 saturated carbocycles. The molecule has 236 valence electrons. The fourth-order valence-electron chi connectivity index (χ4n) is 6.14. The molecule has 1 N–H and O–H groups in total. The molecule has 0 radical (unpaired) electrons. The molecule has 0 aliphatic rings. The summed E-state index contributed by atoms with van der Waals surface area (Å²) in [5.41, 5.74) is 12.7. The zero-order valence-electron chi connectivity index (χ0n) is 28.0. The van der Waals surface area contributed by atoms with Gasteiger partial charge < -0.3 is 14.7 Å². The van der Waals surface area contributed by atoms with Gasteiger partial charge in [-0.05, 0) is 94.1 Å². The second-order valence-corrected chi connectivity index (χ2v) is 14.4. The molecule has 2 aromatic heterocycles. The van der Waals surface area contributed by atoms with Crippen molar-refractivity contribution in [3.8, 4) is 39.5 Å². The first kappa shape index (κ1) is 33.4. The third-order valence-electron chi connectivity index (χ3n) is 8.38. The normalized spacial score (nSPS) is 11.9. The minimum Gasteiger partial charge on any atom is -0.511 e. The quantitative estimate of drug-likeness (QED) is 0.140. The van der Waals surface area contributed by atoms with E-state index in [0.717, 1.165) is 45.5 Å². The topological polar surface area (TPSA) is 41.9 Å². The van der Waals surface area contributed by atoms with Crippen molar-refractivity contribution < 1.29 is 30.7 Å². The number of nitrogens with zero attached hydrogens (tertiary/aromatic N) is 3. The molecule has 0 aliphatic heterocycles. The van der Waals surface area contributed by atoms with Gasteiger partial charge in [0.2, 0.25) is 0 Å². The van der Waals surface area contributed by atoms with Crippen LogP contribution in [-0.2, 0) is 32.9 Å². The average molecular weight is 788 g/mol. The van der Waals surface area contributed by atoms with Crippen molar-refractivity contribution in [1.29, 1.82) is 0 Å². The van der Waals surface area contributed by atoms with Gasteiger partial charge in [0.1, 0.15) is 11.4 Å². The summed E-state index contributed by atoms with van der Waals surface area (Å²) in [5, 5.41) is 11.0. The number of phenols is 1. The molecule has 0 unspecified atom stereocenters. The standard InChI is InChI=1S/C41H42N3O.Pt/c1-27-20-21-42-39(38(27)33-18-16-29(22-28(33)2)25-40(3,4)5)30-12-11-13-32(23-30)43-26-44(35-15-10-9-14-34(35)43)36-24-31(41(6,7)8)17-19-37(36)45;/h9-22,24,45H,25H2,1-8H3;/q-1;+2. The van der Waals surface area contributed by atoms with Crippen molar-refractivity contribution in [2.24, 2.45) is 5.41 Å². The number of imidazole rings is 1. The molecule has 0 saturated heterocycles. The van der Waals surface area contributed by atoms with Crippen LogP contribution in [0.1, 0.15) is 63.8 Å². The molecular formula is C41H42N3OPt+. The molecule has 4 aromatic carbocycles. The fraction of sp³-hybridized carbons (Fsp3) is 0.268. The van der Waals surface area contributed by atoms with E-state index in [1.807, 2.05) is 39.6 Å². The Labute approximate surface area is 288 Å². The van der Waals surface area contributed by atoms with Crippen molar-refractivity contribution >= 4 is 11.0 Å². The SMILES string of the molecule is Cc1cc(CC(C)(C)C)ccc1-c1c(C)ccnc1-c1[c-]c(-[n+]2[c-]n(-c3cc(C(C)(C)C)ccc3O)c3ccccc32)ccc1.[Pt+2]. The van der Waals surface area contributed by atoms with Gasteiger partial charge in [0.15, 0.2) is 0 Å². The fourth-order valence-corrected chi connectivity index (χ4v) is 6.14. The van der Waals surface area contributed by atoms with E-state index >= 15 is 0 Å². The summed E-state index contributed by atoms with van der Waals surface area (Å²) in [6.45, 7) is 17.7. The molecular weight excluding hydrogens is 746 g/mol. The number of hydrogen-bond donors (Lipinski definition) is 1. The van der Waals surface area contributed by atoms with Crippen LogP contribution in [0.3, 0.4) is 0 Å². The van der Waals surface area contributed by atoms with Crippen LogP contribution >= 0.6 is 0 Å². The third kappa shape index (κ3) is 6.60. The summed E-state index contributed by atoms with van der Waals surface area (Å²) in [4.78, 5) is 4.91. The molecule has 6 rings (SSSR count). The zero-order chi connectivity index (χ0) is 32.1. The van der Waals surface area contributed by atoms with Crippen molar-refractivity contribution in [3.05, 3.63) is 126 Å². The summed E-state index contributed by atoms with van der Waals surface area (Å²) >= 11 is 0. The van der Waals surface area contributed by atoms with E-state index in [2.05, 4.69) is 122 Å². The van der Waals surface area contributed by atoms with Crippen LogP contribution in [0, 0.1) is 31.7 Å². The number of para-hydroxylation sites is 2. The minimum absolute atomic E-state index is 0. The molecule has 6 aromatic rings. The van der Waals surface area contributed by atoms with E-state index in [1.54, 1.807) is 6.07 Å². The van der Waals surface area contributed by atoms with Crippen molar-refractivity contribution in [2.45, 2.75) is 67.2 Å². The summed E-state index contributed by atoms with van der Waals surface area (Å²) in [5.74, 6) is 0.211. The van der Waals surface area contributed by atoms with Gasteiger partial charge in [-0.2, -0.15) is 0 Å². The Kier molecular flexibility index (Phi) is 9.17. The number of aromatic nitrogens is 3. The van der Waals surface area contributed by atoms with Crippen LogP contribution in [0.25, 0.3) is 44.8 Å². The molecule has 0 aliphatic carbocycles. The van der Waals surface area contributed by atoms with Gasteiger partial charge in [-0.3, -0.25) is 4.57 Å². The van der Waals surface area contributed by atoms with Gasteiger partial charge in [0.25, 0.3) is 6.33 Å². The zero-order valence-corrected chi connectivity index (χ0v) is 30.2. The summed E-state index contributed by atoms with van der Waals surface area (Å²) in [6.07, 6.45) is 6.45. The average Bonchev–Trinajstić information content (AvgIpc) is 3.36. The van der Waals surface area contributed by atoms with Crippen LogP contribution in [0.4, 0.5) is 0 Å².